The number of fused-ring (bicyclic) bond motifs is 4. The molecule has 0 nitrogen and oxygen atoms in total. The Hall–Kier alpha value is -1.72. The summed E-state index contributed by atoms with van der Waals surface area (Å²) in [4.78, 5) is 0. The minimum atomic E-state index is -2.83. The van der Waals surface area contributed by atoms with Crippen LogP contribution in [-0.4, -0.2) is 0 Å². The molecular formula is C30H34Zr. The predicted molar refractivity (Wildman–Crippen MR) is 132 cm³/mol. The number of benzene rings is 3. The third kappa shape index (κ3) is 3.64. The fraction of sp³-hybridized carbons (Fsp3) is 0.333. The van der Waals surface area contributed by atoms with Crippen molar-refractivity contribution in [3.63, 3.8) is 0 Å². The van der Waals surface area contributed by atoms with Crippen LogP contribution < -0.4 is 3.27 Å². The molecule has 158 valence electrons. The molecule has 5 rings (SSSR count). The van der Waals surface area contributed by atoms with Gasteiger partial charge in [0.25, 0.3) is 0 Å². The maximum atomic E-state index is 2.62. The van der Waals surface area contributed by atoms with Gasteiger partial charge in [-0.05, 0) is 0 Å². The van der Waals surface area contributed by atoms with Crippen molar-refractivity contribution in [2.24, 2.45) is 0 Å². The van der Waals surface area contributed by atoms with E-state index in [2.05, 4.69) is 92.7 Å². The van der Waals surface area contributed by atoms with Crippen molar-refractivity contribution in [2.75, 3.05) is 0 Å². The third-order valence-electron chi connectivity index (χ3n) is 7.73. The SMILES string of the molecule is CCC[CH2][Zr]([CH2]CCC)([c]1cccc2c1Cc1ccccc1-2)[CH]1C=Cc2ccccc21. The Bertz CT molecular complexity index is 1100. The zero-order valence-corrected chi connectivity index (χ0v) is 21.5. The van der Waals surface area contributed by atoms with Gasteiger partial charge in [-0.2, -0.15) is 0 Å². The molecular weight excluding hydrogens is 452 g/mol. The number of hydrogen-bond donors (Lipinski definition) is 0. The first-order chi connectivity index (χ1) is 15.3. The molecule has 0 N–H and O–H groups in total. The zero-order valence-electron chi connectivity index (χ0n) is 19.0. The van der Waals surface area contributed by atoms with Gasteiger partial charge in [-0.3, -0.25) is 0 Å². The molecule has 3 aromatic rings. The Morgan fingerprint density at radius 1 is 0.774 bits per heavy atom. The topological polar surface area (TPSA) is 0 Å². The fourth-order valence-electron chi connectivity index (χ4n) is 6.21. The fourth-order valence-corrected chi connectivity index (χ4v) is 21.7. The summed E-state index contributed by atoms with van der Waals surface area (Å²) < 4.78 is 5.46. The summed E-state index contributed by atoms with van der Waals surface area (Å²) in [5, 5.41) is 0. The molecule has 0 heterocycles. The van der Waals surface area contributed by atoms with Crippen LogP contribution in [-0.2, 0) is 26.7 Å². The molecule has 1 heteroatoms. The molecule has 0 amide bonds. The molecule has 0 aliphatic heterocycles. The van der Waals surface area contributed by atoms with Gasteiger partial charge in [0.2, 0.25) is 0 Å². The molecule has 31 heavy (non-hydrogen) atoms. The van der Waals surface area contributed by atoms with Gasteiger partial charge in [-0.25, -0.2) is 0 Å². The third-order valence-corrected chi connectivity index (χ3v) is 21.8. The standard InChI is InChI=1S/C13H9.C9H7.2C4H9.Zr/c1-3-7-12-10(5-1)9-11-6-2-4-8-13(11)12;1-2-5-9-7-3-6-8(9)4-1;2*1-3-4-2;/h1-5,7-8H,9H2;1-7H;2*1,3-4H2,2H3;. The monoisotopic (exact) mass is 484 g/mol. The molecule has 3 aromatic carbocycles. The predicted octanol–water partition coefficient (Wildman–Crippen LogP) is 8.24. The van der Waals surface area contributed by atoms with E-state index < -0.39 is 20.3 Å². The van der Waals surface area contributed by atoms with Crippen LogP contribution in [0.15, 0.2) is 72.8 Å². The molecule has 0 spiro atoms. The van der Waals surface area contributed by atoms with Crippen molar-refractivity contribution in [3.05, 3.63) is 95.1 Å². The van der Waals surface area contributed by atoms with Crippen molar-refractivity contribution in [3.8, 4) is 11.1 Å². The van der Waals surface area contributed by atoms with E-state index >= 15 is 0 Å². The molecule has 0 aromatic heterocycles. The first-order valence-corrected chi connectivity index (χ1v) is 18.4. The van der Waals surface area contributed by atoms with E-state index in [4.69, 9.17) is 0 Å². The van der Waals surface area contributed by atoms with Crippen LogP contribution in [0, 0.1) is 0 Å². The molecule has 2 aliphatic carbocycles. The maximum absolute atomic E-state index is 2.83. The van der Waals surface area contributed by atoms with Gasteiger partial charge >= 0.3 is 194 Å². The first-order valence-electron chi connectivity index (χ1n) is 12.3. The van der Waals surface area contributed by atoms with Crippen molar-refractivity contribution < 1.29 is 20.3 Å². The average Bonchev–Trinajstić information content (AvgIpc) is 3.42. The van der Waals surface area contributed by atoms with Gasteiger partial charge in [0.1, 0.15) is 0 Å². The summed E-state index contributed by atoms with van der Waals surface area (Å²) in [5.41, 5.74) is 9.31. The molecule has 0 fully saturated rings. The van der Waals surface area contributed by atoms with E-state index in [1.54, 1.807) is 11.1 Å². The Balaban J connectivity index is 1.70. The normalized spacial score (nSPS) is 16.3. The quantitative estimate of drug-likeness (QED) is 0.236. The zero-order chi connectivity index (χ0) is 21.3. The Morgan fingerprint density at radius 3 is 2.29 bits per heavy atom. The minimum absolute atomic E-state index is 0.679. The van der Waals surface area contributed by atoms with Crippen LogP contribution in [0.3, 0.4) is 0 Å². The van der Waals surface area contributed by atoms with Crippen molar-refractivity contribution in [1.29, 1.82) is 0 Å². The van der Waals surface area contributed by atoms with Crippen LogP contribution in [0.5, 0.6) is 0 Å². The van der Waals surface area contributed by atoms with Gasteiger partial charge < -0.3 is 0 Å². The first kappa shape index (κ1) is 21.1. The summed E-state index contributed by atoms with van der Waals surface area (Å²) in [5.74, 6) is 0. The number of allylic oxidation sites excluding steroid dienone is 1. The number of rotatable bonds is 8. The summed E-state index contributed by atoms with van der Waals surface area (Å²) in [6.07, 6.45) is 11.5. The van der Waals surface area contributed by atoms with E-state index in [0.29, 0.717) is 3.63 Å². The molecule has 1 atom stereocenters. The van der Waals surface area contributed by atoms with Crippen LogP contribution in [0.25, 0.3) is 17.2 Å². The molecule has 0 bridgehead atoms. The second kappa shape index (κ2) is 9.03. The van der Waals surface area contributed by atoms with E-state index in [1.807, 2.05) is 3.27 Å². The van der Waals surface area contributed by atoms with Crippen molar-refractivity contribution >= 4 is 9.35 Å². The van der Waals surface area contributed by atoms with Gasteiger partial charge in [-0.15, -0.1) is 0 Å². The van der Waals surface area contributed by atoms with E-state index in [1.165, 1.54) is 56.2 Å². The Kier molecular flexibility index (Phi) is 6.16. The Morgan fingerprint density at radius 2 is 1.48 bits per heavy atom. The molecule has 0 saturated heterocycles. The van der Waals surface area contributed by atoms with Crippen LogP contribution in [0.1, 0.15) is 65.4 Å². The van der Waals surface area contributed by atoms with Crippen molar-refractivity contribution in [1.82, 2.24) is 0 Å². The summed E-state index contributed by atoms with van der Waals surface area (Å²) in [6, 6.07) is 25.7. The molecule has 1 unspecified atom stereocenters. The second-order valence-corrected chi connectivity index (χ2v) is 20.5. The summed E-state index contributed by atoms with van der Waals surface area (Å²) in [7, 11) is 0. The van der Waals surface area contributed by atoms with Crippen LogP contribution >= 0.6 is 0 Å². The average molecular weight is 486 g/mol. The number of hydrogen-bond acceptors (Lipinski definition) is 0. The van der Waals surface area contributed by atoms with Gasteiger partial charge in [0.15, 0.2) is 0 Å². The van der Waals surface area contributed by atoms with Gasteiger partial charge in [0, 0.05) is 0 Å². The van der Waals surface area contributed by atoms with Gasteiger partial charge in [-0.1, -0.05) is 0 Å². The Labute approximate surface area is 192 Å². The molecule has 0 saturated carbocycles. The van der Waals surface area contributed by atoms with Crippen LogP contribution in [0.4, 0.5) is 0 Å². The van der Waals surface area contributed by atoms with Gasteiger partial charge in [0.05, 0.1) is 0 Å². The molecule has 2 aliphatic rings. The van der Waals surface area contributed by atoms with E-state index in [9.17, 15) is 0 Å². The number of unbranched alkanes of at least 4 members (excludes halogenated alkanes) is 2. The second-order valence-electron chi connectivity index (χ2n) is 9.49. The summed E-state index contributed by atoms with van der Waals surface area (Å²) >= 11 is -2.83. The van der Waals surface area contributed by atoms with E-state index in [-0.39, 0.29) is 0 Å². The summed E-state index contributed by atoms with van der Waals surface area (Å²) in [6.45, 7) is 4.75. The van der Waals surface area contributed by atoms with E-state index in [0.717, 1.165) is 6.42 Å². The van der Waals surface area contributed by atoms with Crippen molar-refractivity contribution in [2.45, 2.75) is 57.8 Å². The molecule has 0 radical (unpaired) electrons. The van der Waals surface area contributed by atoms with Crippen LogP contribution in [0.2, 0.25) is 8.26 Å².